The lowest BCUT2D eigenvalue weighted by Crippen LogP contribution is -2.51. The second-order valence-corrected chi connectivity index (χ2v) is 11.2. The number of ether oxygens (including phenoxy) is 5. The molecule has 0 spiro atoms. The Morgan fingerprint density at radius 1 is 1.06 bits per heavy atom. The van der Waals surface area contributed by atoms with Gasteiger partial charge in [-0.3, -0.25) is 9.59 Å². The van der Waals surface area contributed by atoms with Crippen LogP contribution in [0.4, 0.5) is 4.79 Å². The maximum absolute atomic E-state index is 13.7. The Kier molecular flexibility index (Phi) is 10.5. The van der Waals surface area contributed by atoms with E-state index in [0.717, 1.165) is 22.9 Å². The molecule has 0 aliphatic carbocycles. The summed E-state index contributed by atoms with van der Waals surface area (Å²) in [4.78, 5) is 69.2. The van der Waals surface area contributed by atoms with Crippen molar-refractivity contribution in [2.24, 2.45) is 0 Å². The average molecular weight is 651 g/mol. The first-order chi connectivity index (χ1) is 22.7. The van der Waals surface area contributed by atoms with Gasteiger partial charge < -0.3 is 38.9 Å². The van der Waals surface area contributed by atoms with Gasteiger partial charge in [0.2, 0.25) is 11.5 Å². The molecule has 0 bridgehead atoms. The molecule has 0 saturated heterocycles. The van der Waals surface area contributed by atoms with Crippen LogP contribution in [0.3, 0.4) is 0 Å². The predicted molar refractivity (Wildman–Crippen MR) is 167 cm³/mol. The van der Waals surface area contributed by atoms with Crippen molar-refractivity contribution < 1.29 is 42.9 Å². The molecular weight excluding hydrogens is 612 g/mol. The molecule has 2 aromatic heterocycles. The van der Waals surface area contributed by atoms with Crippen molar-refractivity contribution in [2.75, 3.05) is 39.6 Å². The Hall–Kier alpha value is -4.82. The number of fused-ring (bicyclic) bond motifs is 5. The third kappa shape index (κ3) is 7.13. The maximum atomic E-state index is 13.7. The number of pyridine rings is 2. The number of nitrogens with zero attached hydrogens (tertiary/aromatic N) is 2. The fourth-order valence-electron chi connectivity index (χ4n) is 5.57. The molecule has 2 aliphatic heterocycles. The van der Waals surface area contributed by atoms with Crippen LogP contribution in [-0.2, 0) is 56.8 Å². The summed E-state index contributed by atoms with van der Waals surface area (Å²) in [7, 11) is 0. The molecule has 0 saturated carbocycles. The molecule has 1 unspecified atom stereocenters. The molecule has 4 heterocycles. The minimum Gasteiger partial charge on any atom is -0.457 e. The quantitative estimate of drug-likeness (QED) is 0.116. The third-order valence-electron chi connectivity index (χ3n) is 7.95. The summed E-state index contributed by atoms with van der Waals surface area (Å²) in [6.07, 6.45) is 0.218. The van der Waals surface area contributed by atoms with Crippen molar-refractivity contribution in [3.05, 3.63) is 63.4 Å². The number of amides is 2. The molecule has 14 nitrogen and oxygen atoms in total. The number of rotatable bonds is 14. The second-order valence-electron chi connectivity index (χ2n) is 11.2. The van der Waals surface area contributed by atoms with Crippen LogP contribution in [0.1, 0.15) is 50.3 Å². The molecule has 2 N–H and O–H groups in total. The van der Waals surface area contributed by atoms with Gasteiger partial charge in [-0.05, 0) is 38.0 Å². The lowest BCUT2D eigenvalue weighted by Gasteiger charge is -2.36. The Morgan fingerprint density at radius 2 is 1.87 bits per heavy atom. The first-order valence-corrected chi connectivity index (χ1v) is 15.6. The van der Waals surface area contributed by atoms with Gasteiger partial charge >= 0.3 is 18.0 Å². The van der Waals surface area contributed by atoms with Crippen LogP contribution < -0.4 is 16.2 Å². The van der Waals surface area contributed by atoms with Crippen LogP contribution in [0, 0.1) is 0 Å². The Morgan fingerprint density at radius 3 is 2.66 bits per heavy atom. The SMILES string of the molecule is CCCOCCOC(=O)NCCOCC(=O)NC(C)C(=O)O[C@]1(CC)C(=O)OCc2c1cc1n(c2=O)Cc2cc3ccccc3nc2-1. The van der Waals surface area contributed by atoms with Crippen molar-refractivity contribution in [1.82, 2.24) is 20.2 Å². The van der Waals surface area contributed by atoms with E-state index in [4.69, 9.17) is 28.7 Å². The summed E-state index contributed by atoms with van der Waals surface area (Å²) in [6, 6.07) is 10.1. The molecule has 14 heteroatoms. The van der Waals surface area contributed by atoms with Gasteiger partial charge in [0.15, 0.2) is 0 Å². The van der Waals surface area contributed by atoms with E-state index in [1.807, 2.05) is 37.3 Å². The van der Waals surface area contributed by atoms with Gasteiger partial charge in [-0.2, -0.15) is 0 Å². The van der Waals surface area contributed by atoms with E-state index in [0.29, 0.717) is 31.1 Å². The van der Waals surface area contributed by atoms with Gasteiger partial charge in [-0.25, -0.2) is 19.4 Å². The van der Waals surface area contributed by atoms with E-state index in [9.17, 15) is 24.0 Å². The number of benzene rings is 1. The highest BCUT2D eigenvalue weighted by Gasteiger charge is 2.51. The monoisotopic (exact) mass is 650 g/mol. The van der Waals surface area contributed by atoms with E-state index in [-0.39, 0.29) is 49.5 Å². The molecule has 47 heavy (non-hydrogen) atoms. The van der Waals surface area contributed by atoms with Crippen molar-refractivity contribution in [3.8, 4) is 11.4 Å². The maximum Gasteiger partial charge on any atom is 0.407 e. The number of carbonyl (C=O) groups excluding carboxylic acids is 4. The zero-order valence-electron chi connectivity index (χ0n) is 26.6. The van der Waals surface area contributed by atoms with Gasteiger partial charge in [0.1, 0.15) is 25.9 Å². The van der Waals surface area contributed by atoms with Gasteiger partial charge in [0, 0.05) is 29.7 Å². The lowest BCUT2D eigenvalue weighted by atomic mass is 9.85. The summed E-state index contributed by atoms with van der Waals surface area (Å²) < 4.78 is 28.2. The summed E-state index contributed by atoms with van der Waals surface area (Å²) in [5.74, 6) is -2.33. The second kappa shape index (κ2) is 14.7. The zero-order valence-corrected chi connectivity index (χ0v) is 26.6. The molecule has 0 fully saturated rings. The largest absolute Gasteiger partial charge is 0.457 e. The topological polar surface area (TPSA) is 173 Å². The van der Waals surface area contributed by atoms with E-state index < -0.39 is 42.2 Å². The van der Waals surface area contributed by atoms with Crippen molar-refractivity contribution in [3.63, 3.8) is 0 Å². The van der Waals surface area contributed by atoms with Crippen LogP contribution in [0.5, 0.6) is 0 Å². The van der Waals surface area contributed by atoms with E-state index in [1.165, 1.54) is 6.92 Å². The number of para-hydroxylation sites is 1. The van der Waals surface area contributed by atoms with Crippen LogP contribution in [-0.4, -0.2) is 79.1 Å². The first-order valence-electron chi connectivity index (χ1n) is 15.6. The predicted octanol–water partition coefficient (Wildman–Crippen LogP) is 2.30. The Labute approximate surface area is 270 Å². The third-order valence-corrected chi connectivity index (χ3v) is 7.95. The highest BCUT2D eigenvalue weighted by atomic mass is 16.6. The number of carbonyl (C=O) groups is 4. The minimum absolute atomic E-state index is 0.0168. The van der Waals surface area contributed by atoms with E-state index in [1.54, 1.807) is 17.6 Å². The van der Waals surface area contributed by atoms with Gasteiger partial charge in [0.05, 0.1) is 42.2 Å². The standard InChI is InChI=1S/C33H38N4O10/c1-4-11-43-13-14-45-32(42)34-10-12-44-19-27(38)35-20(3)30(40)47-33(5-2)24-16-26-28-22(15-21-8-6-7-9-25(21)36-28)17-37(26)29(39)23(24)18-46-31(33)41/h6-9,15-16,20H,4-5,10-14,17-19H2,1-3H3,(H,34,42)(H,35,38)/t20?,33-/m0/s1. The van der Waals surface area contributed by atoms with Crippen LogP contribution in [0.25, 0.3) is 22.3 Å². The molecule has 1 aromatic carbocycles. The zero-order chi connectivity index (χ0) is 33.6. The van der Waals surface area contributed by atoms with E-state index >= 15 is 0 Å². The van der Waals surface area contributed by atoms with Crippen LogP contribution in [0.2, 0.25) is 0 Å². The molecular formula is C33H38N4O10. The smallest absolute Gasteiger partial charge is 0.407 e. The minimum atomic E-state index is -1.91. The number of nitrogens with one attached hydrogen (secondary N) is 2. The van der Waals surface area contributed by atoms with Gasteiger partial charge in [-0.1, -0.05) is 32.0 Å². The van der Waals surface area contributed by atoms with Crippen molar-refractivity contribution >= 4 is 34.8 Å². The van der Waals surface area contributed by atoms with Gasteiger partial charge in [-0.15, -0.1) is 0 Å². The first kappa shape index (κ1) is 33.5. The number of cyclic esters (lactones) is 1. The Bertz CT molecular complexity index is 1740. The summed E-state index contributed by atoms with van der Waals surface area (Å²) in [5, 5.41) is 5.91. The average Bonchev–Trinajstić information content (AvgIpc) is 3.42. The summed E-state index contributed by atoms with van der Waals surface area (Å²) >= 11 is 0. The highest BCUT2D eigenvalue weighted by molar-refractivity contribution is 5.90. The fourth-order valence-corrected chi connectivity index (χ4v) is 5.57. The number of alkyl carbamates (subject to hydrolysis) is 1. The molecule has 5 rings (SSSR count). The summed E-state index contributed by atoms with van der Waals surface area (Å²) in [6.45, 7) is 5.80. The Balaban J connectivity index is 1.21. The number of esters is 2. The van der Waals surface area contributed by atoms with Crippen molar-refractivity contribution in [2.45, 2.75) is 58.4 Å². The van der Waals surface area contributed by atoms with Crippen LogP contribution in [0.15, 0.2) is 41.2 Å². The molecule has 2 atom stereocenters. The molecule has 3 aromatic rings. The normalized spacial score (nSPS) is 16.8. The van der Waals surface area contributed by atoms with Crippen molar-refractivity contribution in [1.29, 1.82) is 0 Å². The molecule has 2 amide bonds. The highest BCUT2D eigenvalue weighted by Crippen LogP contribution is 2.41. The molecule has 250 valence electrons. The van der Waals surface area contributed by atoms with Crippen LogP contribution >= 0.6 is 0 Å². The summed E-state index contributed by atoms with van der Waals surface area (Å²) in [5.41, 5.74) is 0.937. The number of aromatic nitrogens is 2. The van der Waals surface area contributed by atoms with E-state index in [2.05, 4.69) is 10.6 Å². The van der Waals surface area contributed by atoms with Gasteiger partial charge in [0.25, 0.3) is 5.56 Å². The number of hydrogen-bond donors (Lipinski definition) is 2. The molecule has 0 radical (unpaired) electrons. The number of hydrogen-bond acceptors (Lipinski definition) is 11. The lowest BCUT2D eigenvalue weighted by molar-refractivity contribution is -0.190. The fraction of sp³-hybridized carbons (Fsp3) is 0.455. The molecule has 2 aliphatic rings.